The number of nitro groups is 2. The van der Waals surface area contributed by atoms with E-state index < -0.39 is 44.2 Å². The minimum Gasteiger partial charge on any atom is -0.465 e. The first kappa shape index (κ1) is 56.4. The van der Waals surface area contributed by atoms with Crippen LogP contribution in [0, 0.1) is 81.9 Å². The number of rotatable bonds is 20. The third-order valence-electron chi connectivity index (χ3n) is 11.1. The molecule has 0 radical (unpaired) electrons. The van der Waals surface area contributed by atoms with Crippen LogP contribution in [0.5, 0.6) is 11.8 Å². The van der Waals surface area contributed by atoms with Crippen LogP contribution in [0.1, 0.15) is 131 Å². The number of ketones is 2. The minimum absolute atomic E-state index is 0. The van der Waals surface area contributed by atoms with Crippen LogP contribution < -0.4 is 9.47 Å². The number of aliphatic hydroxyl groups is 2. The summed E-state index contributed by atoms with van der Waals surface area (Å²) in [5, 5.41) is 31.9. The van der Waals surface area contributed by atoms with Crippen LogP contribution in [0.25, 0.3) is 0 Å². The van der Waals surface area contributed by atoms with Crippen molar-refractivity contribution in [3.63, 3.8) is 0 Å². The van der Waals surface area contributed by atoms with E-state index in [1.165, 1.54) is 13.8 Å². The molecule has 2 heterocycles. The molecule has 398 valence electrons. The fourth-order valence-corrected chi connectivity index (χ4v) is 7.71. The smallest absolute Gasteiger partial charge is 0.351 e. The van der Waals surface area contributed by atoms with Crippen molar-refractivity contribution in [3.05, 3.63) is 43.3 Å². The Balaban J connectivity index is -0.000000278. The second kappa shape index (κ2) is 29.7. The summed E-state index contributed by atoms with van der Waals surface area (Å²) < 4.78 is 49.1. The van der Waals surface area contributed by atoms with E-state index in [-0.39, 0.29) is 117 Å². The van der Waals surface area contributed by atoms with Gasteiger partial charge in [-0.05, 0) is 123 Å². The summed E-state index contributed by atoms with van der Waals surface area (Å²) in [5.74, 6) is -1.94. The SMILES string of the molecule is [2H]B(P)S.[2H]B(P)S.[3H]OCCC[C@H]1C[C@H](CCOC(=O)C(C)(C)C)C(=O)[C@H]1Oc1nc(C)nc(C)c1[N+](=O)[O-].[3H]OCCC[C@H]1C[C@](C)(CCOC(=O)C(C)(C)C)[C@@H](Oc2nc(C)nc(C)c2[N+](=O)[O-])C1=O.[HH].[HH].[HH].[HH].[HH].[HH]. The molecule has 26 heteroatoms. The highest BCUT2D eigenvalue weighted by atomic mass is 32.1. The van der Waals surface area contributed by atoms with Crippen LogP contribution in [-0.2, 0) is 28.7 Å². The minimum atomic E-state index is -1.000. The number of aliphatic hydroxyl groups excluding tert-OH is 2. The first-order valence-electron chi connectivity index (χ1n) is 24.3. The summed E-state index contributed by atoms with van der Waals surface area (Å²) >= 11 is 7.19. The van der Waals surface area contributed by atoms with Crippen LogP contribution in [0.3, 0.4) is 0 Å². The van der Waals surface area contributed by atoms with Crippen molar-refractivity contribution < 1.29 is 66.7 Å². The van der Waals surface area contributed by atoms with Gasteiger partial charge in [-0.25, -0.2) is 34.9 Å². The van der Waals surface area contributed by atoms with Crippen molar-refractivity contribution in [1.82, 2.24) is 19.9 Å². The van der Waals surface area contributed by atoms with E-state index in [2.05, 4.69) is 73.3 Å². The number of Topliss-reactive ketones (excluding diaryl/α,β-unsaturated/α-hetero) is 2. The molecule has 2 N–H and O–H groups in total. The van der Waals surface area contributed by atoms with E-state index in [4.69, 9.17) is 24.5 Å². The molecule has 2 saturated carbocycles. The molecule has 2 aliphatic carbocycles. The molecular weight excluding hydrogens is 972 g/mol. The van der Waals surface area contributed by atoms with Gasteiger partial charge in [0.15, 0.2) is 23.8 Å². The van der Waals surface area contributed by atoms with Gasteiger partial charge in [0.1, 0.15) is 23.0 Å². The zero-order valence-corrected chi connectivity index (χ0v) is 45.6. The standard InChI is InChI=1S/C22H33N3O7.C21H31N3O7.2BH4PS.6H2/c1-13-16(25(29)30)19(24-14(2)23-13)32-18-17(27)15(8-7-10-26)12-22(18,6)9-11-31-20(28)21(3,4)5;1-12-16(24(28)29)19(23-13(2)22-12)31-18-15(7-6-9-25)11-14(17(18)26)8-10-30-20(27)21(3,4)5;2*2-1-3;;;;;;/h15,18,26H,7-12H2,1-6H3;14-15,18,25H,6-11H2,1-5H3;2*1,3H,2H2;6*1H/t15-,18-,22-;14-,15-,18-;;;;;;;;/m00......../s1/i26T;25T;2*1D;;;;;;. The molecule has 2 aromatic heterocycles. The molecule has 2 aromatic rings. The molecule has 0 spiro atoms. The predicted molar refractivity (Wildman–Crippen MR) is 290 cm³/mol. The Morgan fingerprint density at radius 1 is 0.812 bits per heavy atom. The highest BCUT2D eigenvalue weighted by molar-refractivity contribution is 8.20. The fraction of sp³-hybridized carbons (Fsp3) is 0.721. The van der Waals surface area contributed by atoms with Gasteiger partial charge in [-0.1, -0.05) is 6.92 Å². The highest BCUT2D eigenvalue weighted by Crippen LogP contribution is 2.47. The third-order valence-corrected chi connectivity index (χ3v) is 11.1. The van der Waals surface area contributed by atoms with E-state index in [1.54, 1.807) is 55.4 Å². The quantitative estimate of drug-likeness (QED) is 0.0191. The number of hydrogen-bond donors (Lipinski definition) is 4. The van der Waals surface area contributed by atoms with Crippen molar-refractivity contribution in [2.45, 2.75) is 140 Å². The molecule has 8 atom stereocenters. The summed E-state index contributed by atoms with van der Waals surface area (Å²) in [4.78, 5) is 88.7. The average molecular weight is 1060 g/mol. The largest absolute Gasteiger partial charge is 0.465 e. The normalized spacial score (nSPS) is 21.5. The summed E-state index contributed by atoms with van der Waals surface area (Å²) in [6.07, 6.45) is 1.21. The third kappa shape index (κ3) is 19.9. The van der Waals surface area contributed by atoms with Gasteiger partial charge < -0.3 is 29.2 Å². The highest BCUT2D eigenvalue weighted by Gasteiger charge is 2.52. The van der Waals surface area contributed by atoms with Gasteiger partial charge in [-0.15, -0.1) is 0 Å². The van der Waals surface area contributed by atoms with Crippen LogP contribution in [0.4, 0.5) is 11.4 Å². The summed E-state index contributed by atoms with van der Waals surface area (Å²) in [7, 11) is 4.38. The summed E-state index contributed by atoms with van der Waals surface area (Å²) in [5.41, 5.74) is -2.45. The van der Waals surface area contributed by atoms with E-state index in [0.717, 1.165) is 0 Å². The number of esters is 2. The Labute approximate surface area is 436 Å². The lowest BCUT2D eigenvalue weighted by molar-refractivity contribution is -0.387. The lowest BCUT2D eigenvalue weighted by Gasteiger charge is -2.30. The molecule has 69 heavy (non-hydrogen) atoms. The van der Waals surface area contributed by atoms with E-state index in [0.29, 0.717) is 63.0 Å². The van der Waals surface area contributed by atoms with Crippen LogP contribution in [-0.4, -0.2) is 120 Å². The van der Waals surface area contributed by atoms with Gasteiger partial charge in [0.05, 0.1) is 33.9 Å². The zero-order chi connectivity index (χ0) is 56.2. The topological polar surface area (TPSA) is 283 Å². The van der Waals surface area contributed by atoms with Gasteiger partial charge in [-0.3, -0.25) is 39.4 Å². The van der Waals surface area contributed by atoms with Gasteiger partial charge in [0.2, 0.25) is 15.3 Å². The Morgan fingerprint density at radius 2 is 1.26 bits per heavy atom. The fourth-order valence-electron chi connectivity index (χ4n) is 7.71. The number of aromatic nitrogens is 4. The van der Waals surface area contributed by atoms with Crippen LogP contribution in [0.15, 0.2) is 0 Å². The maximum atomic E-state index is 13.3. The second-order valence-corrected chi connectivity index (χ2v) is 21.3. The van der Waals surface area contributed by atoms with Crippen molar-refractivity contribution in [2.75, 3.05) is 26.4 Å². The van der Waals surface area contributed by atoms with E-state index in [9.17, 15) is 39.4 Å². The van der Waals surface area contributed by atoms with E-state index in [1.807, 2.05) is 6.92 Å². The molecule has 2 unspecified atom stereocenters. The Morgan fingerprint density at radius 3 is 1.71 bits per heavy atom. The maximum Gasteiger partial charge on any atom is 0.351 e. The predicted octanol–water partition coefficient (Wildman–Crippen LogP) is 7.39. The Kier molecular flexibility index (Phi) is 24.3. The molecule has 0 aromatic carbocycles. The van der Waals surface area contributed by atoms with Gasteiger partial charge in [-0.2, -0.15) is 28.2 Å². The van der Waals surface area contributed by atoms with Crippen molar-refractivity contribution in [2.24, 2.45) is 34.0 Å². The molecule has 0 bridgehead atoms. The molecule has 2 aliphatic rings. The average Bonchev–Trinajstić information content (AvgIpc) is 3.65. The molecule has 2 fully saturated rings. The number of hydrogen-bond acceptors (Lipinski definition) is 20. The number of carbonyl (C=O) groups is 4. The number of thiol groups is 2. The first-order chi connectivity index (χ1) is 33.7. The van der Waals surface area contributed by atoms with E-state index >= 15 is 0 Å². The lowest BCUT2D eigenvalue weighted by atomic mass is 9.82. The maximum absolute atomic E-state index is 13.3. The first-order valence-corrected chi connectivity index (χ1v) is 24.7. The zero-order valence-electron chi connectivity index (χ0n) is 45.5. The summed E-state index contributed by atoms with van der Waals surface area (Å²) in [6, 6.07) is 0. The molecule has 0 saturated heterocycles. The van der Waals surface area contributed by atoms with Gasteiger partial charge in [0.25, 0.3) is 11.8 Å². The number of carbonyl (C=O) groups excluding carboxylic acids is 4. The number of ether oxygens (including phenoxy) is 4. The monoisotopic (exact) mass is 1060 g/mol. The molecule has 20 nitrogen and oxygen atoms in total. The van der Waals surface area contributed by atoms with Crippen molar-refractivity contribution in [1.29, 1.82) is 5.53 Å². The second-order valence-electron chi connectivity index (χ2n) is 18.9. The van der Waals surface area contributed by atoms with Crippen LogP contribution >= 0.6 is 43.2 Å². The van der Waals surface area contributed by atoms with Crippen molar-refractivity contribution >= 4 is 90.6 Å². The molecule has 0 amide bonds. The molecule has 0 aliphatic heterocycles. The number of nitrogens with zero attached hydrogens (tertiary/aromatic N) is 6. The summed E-state index contributed by atoms with van der Waals surface area (Å²) in [6.45, 7) is 19.1. The van der Waals surface area contributed by atoms with Crippen LogP contribution in [0.2, 0.25) is 0 Å². The van der Waals surface area contributed by atoms with Gasteiger partial charge >= 0.3 is 23.3 Å². The van der Waals surface area contributed by atoms with Crippen molar-refractivity contribution in [3.8, 4) is 11.8 Å². The van der Waals surface area contributed by atoms with Gasteiger partial charge in [0, 0.05) is 44.9 Å². The Hall–Kier alpha value is -3.55. The lowest BCUT2D eigenvalue weighted by Crippen LogP contribution is -2.38. The molecule has 4 rings (SSSR count). The molecular formula is C43H84B2N6O14P2S2. The number of aryl methyl sites for hydroxylation is 4. The Bertz CT molecular complexity index is 2200.